The van der Waals surface area contributed by atoms with Crippen molar-refractivity contribution in [2.24, 2.45) is 0 Å². The van der Waals surface area contributed by atoms with Crippen LogP contribution < -0.4 is 5.32 Å². The maximum atomic E-state index is 11.9. The van der Waals surface area contributed by atoms with Gasteiger partial charge in [-0.3, -0.25) is 4.79 Å². The molecule has 0 saturated heterocycles. The van der Waals surface area contributed by atoms with Crippen molar-refractivity contribution in [3.05, 3.63) is 22.4 Å². The van der Waals surface area contributed by atoms with Crippen LogP contribution in [-0.4, -0.2) is 28.3 Å². The molecule has 1 fully saturated rings. The van der Waals surface area contributed by atoms with Gasteiger partial charge in [0.15, 0.2) is 0 Å². The summed E-state index contributed by atoms with van der Waals surface area (Å²) in [6.45, 7) is 1.78. The van der Waals surface area contributed by atoms with Gasteiger partial charge in [-0.2, -0.15) is 11.3 Å². The van der Waals surface area contributed by atoms with Crippen LogP contribution in [0.15, 0.2) is 16.8 Å². The van der Waals surface area contributed by atoms with Gasteiger partial charge in [0.05, 0.1) is 6.54 Å². The topological polar surface area (TPSA) is 69.6 Å². The molecule has 1 aliphatic rings. The molecular weight excluding hydrogens is 250 g/mol. The lowest BCUT2D eigenvalue weighted by atomic mass is 9.97. The molecule has 1 aromatic rings. The van der Waals surface area contributed by atoms with E-state index in [9.17, 15) is 15.0 Å². The standard InChI is InChI=1S/C13H19NO3S/c1-12(16,10-4-7-18-8-10)9-14-11(15)13(17)5-2-3-6-13/h4,7-8,16-17H,2-3,5-6,9H2,1H3,(H,14,15). The quantitative estimate of drug-likeness (QED) is 0.773. The van der Waals surface area contributed by atoms with Crippen molar-refractivity contribution in [2.45, 2.75) is 43.8 Å². The lowest BCUT2D eigenvalue weighted by Gasteiger charge is -2.26. The van der Waals surface area contributed by atoms with Gasteiger partial charge < -0.3 is 15.5 Å². The number of hydrogen-bond acceptors (Lipinski definition) is 4. The molecule has 1 unspecified atom stereocenters. The van der Waals surface area contributed by atoms with Crippen molar-refractivity contribution in [1.29, 1.82) is 0 Å². The van der Waals surface area contributed by atoms with Crippen LogP contribution in [0.3, 0.4) is 0 Å². The van der Waals surface area contributed by atoms with Crippen LogP contribution in [0, 0.1) is 0 Å². The Morgan fingerprint density at radius 2 is 2.22 bits per heavy atom. The van der Waals surface area contributed by atoms with Crippen LogP contribution in [0.25, 0.3) is 0 Å². The number of hydrogen-bond donors (Lipinski definition) is 3. The minimum Gasteiger partial charge on any atom is -0.384 e. The van der Waals surface area contributed by atoms with Crippen molar-refractivity contribution in [3.63, 3.8) is 0 Å². The third-order valence-corrected chi connectivity index (χ3v) is 4.27. The Morgan fingerprint density at radius 3 is 2.78 bits per heavy atom. The van der Waals surface area contributed by atoms with Crippen molar-refractivity contribution in [2.75, 3.05) is 6.54 Å². The zero-order valence-corrected chi connectivity index (χ0v) is 11.3. The van der Waals surface area contributed by atoms with Gasteiger partial charge in [0, 0.05) is 0 Å². The molecule has 0 aromatic carbocycles. The van der Waals surface area contributed by atoms with E-state index in [1.165, 1.54) is 11.3 Å². The van der Waals surface area contributed by atoms with Gasteiger partial charge in [-0.05, 0) is 55.0 Å². The normalized spacial score (nSPS) is 21.5. The fourth-order valence-corrected chi connectivity index (χ4v) is 3.06. The van der Waals surface area contributed by atoms with Crippen molar-refractivity contribution in [3.8, 4) is 0 Å². The Hall–Kier alpha value is -0.910. The van der Waals surface area contributed by atoms with E-state index >= 15 is 0 Å². The summed E-state index contributed by atoms with van der Waals surface area (Å²) in [5.74, 6) is -0.365. The highest BCUT2D eigenvalue weighted by molar-refractivity contribution is 7.08. The molecule has 1 aliphatic carbocycles. The van der Waals surface area contributed by atoms with Gasteiger partial charge in [0.2, 0.25) is 0 Å². The van der Waals surface area contributed by atoms with E-state index in [2.05, 4.69) is 5.32 Å². The van der Waals surface area contributed by atoms with E-state index in [-0.39, 0.29) is 12.5 Å². The maximum Gasteiger partial charge on any atom is 0.252 e. The van der Waals surface area contributed by atoms with Gasteiger partial charge in [0.25, 0.3) is 5.91 Å². The molecule has 1 amide bonds. The first-order chi connectivity index (χ1) is 8.44. The fraction of sp³-hybridized carbons (Fsp3) is 0.615. The molecule has 18 heavy (non-hydrogen) atoms. The second kappa shape index (κ2) is 4.99. The molecule has 0 aliphatic heterocycles. The highest BCUT2D eigenvalue weighted by atomic mass is 32.1. The minimum atomic E-state index is -1.23. The molecule has 2 rings (SSSR count). The minimum absolute atomic E-state index is 0.116. The Labute approximate surface area is 111 Å². The third-order valence-electron chi connectivity index (χ3n) is 3.59. The number of nitrogens with one attached hydrogen (secondary N) is 1. The summed E-state index contributed by atoms with van der Waals surface area (Å²) in [4.78, 5) is 11.9. The van der Waals surface area contributed by atoms with Crippen molar-refractivity contribution in [1.82, 2.24) is 5.32 Å². The number of rotatable bonds is 4. The molecule has 0 radical (unpaired) electrons. The first-order valence-electron chi connectivity index (χ1n) is 6.20. The van der Waals surface area contributed by atoms with Crippen molar-refractivity contribution < 1.29 is 15.0 Å². The summed E-state index contributed by atoms with van der Waals surface area (Å²) in [6, 6.07) is 1.83. The fourth-order valence-electron chi connectivity index (χ4n) is 2.28. The van der Waals surface area contributed by atoms with E-state index in [0.717, 1.165) is 18.4 Å². The summed E-state index contributed by atoms with van der Waals surface area (Å²) in [5.41, 5.74) is -1.54. The largest absolute Gasteiger partial charge is 0.384 e. The molecular formula is C13H19NO3S. The van der Waals surface area contributed by atoms with Gasteiger partial charge >= 0.3 is 0 Å². The highest BCUT2D eigenvalue weighted by Crippen LogP contribution is 2.30. The summed E-state index contributed by atoms with van der Waals surface area (Å²) in [7, 11) is 0. The number of aliphatic hydroxyl groups is 2. The summed E-state index contributed by atoms with van der Waals surface area (Å²) >= 11 is 1.50. The molecule has 5 heteroatoms. The highest BCUT2D eigenvalue weighted by Gasteiger charge is 2.39. The lowest BCUT2D eigenvalue weighted by Crippen LogP contribution is -2.48. The van der Waals surface area contributed by atoms with E-state index in [0.29, 0.717) is 12.8 Å². The number of thiophene rings is 1. The van der Waals surface area contributed by atoms with Gasteiger partial charge in [-0.1, -0.05) is 0 Å². The molecule has 1 heterocycles. The van der Waals surface area contributed by atoms with E-state index in [1.807, 2.05) is 16.8 Å². The van der Waals surface area contributed by atoms with Crippen LogP contribution in [0.1, 0.15) is 38.2 Å². The monoisotopic (exact) mass is 269 g/mol. The zero-order valence-electron chi connectivity index (χ0n) is 10.5. The van der Waals surface area contributed by atoms with Gasteiger partial charge in [-0.25, -0.2) is 0 Å². The van der Waals surface area contributed by atoms with Crippen LogP contribution in [0.5, 0.6) is 0 Å². The maximum absolute atomic E-state index is 11.9. The van der Waals surface area contributed by atoms with E-state index in [4.69, 9.17) is 0 Å². The second-order valence-electron chi connectivity index (χ2n) is 5.21. The molecule has 0 bridgehead atoms. The zero-order chi connectivity index (χ0) is 13.2. The smallest absolute Gasteiger partial charge is 0.252 e. The number of carbonyl (C=O) groups excluding carboxylic acids is 1. The van der Waals surface area contributed by atoms with Crippen LogP contribution in [-0.2, 0) is 10.4 Å². The predicted octanol–water partition coefficient (Wildman–Crippen LogP) is 1.38. The summed E-state index contributed by atoms with van der Waals surface area (Å²) < 4.78 is 0. The van der Waals surface area contributed by atoms with Gasteiger partial charge in [-0.15, -0.1) is 0 Å². The Bertz CT molecular complexity index is 408. The van der Waals surface area contributed by atoms with E-state index in [1.54, 1.807) is 6.92 Å². The van der Waals surface area contributed by atoms with Crippen LogP contribution >= 0.6 is 11.3 Å². The van der Waals surface area contributed by atoms with E-state index < -0.39 is 11.2 Å². The first-order valence-corrected chi connectivity index (χ1v) is 7.14. The molecule has 3 N–H and O–H groups in total. The van der Waals surface area contributed by atoms with Crippen LogP contribution in [0.4, 0.5) is 0 Å². The van der Waals surface area contributed by atoms with Crippen molar-refractivity contribution >= 4 is 17.2 Å². The molecule has 1 aromatic heterocycles. The van der Waals surface area contributed by atoms with Gasteiger partial charge in [0.1, 0.15) is 11.2 Å². The molecule has 4 nitrogen and oxygen atoms in total. The second-order valence-corrected chi connectivity index (χ2v) is 5.99. The molecule has 0 spiro atoms. The molecule has 1 atom stereocenters. The first kappa shape index (κ1) is 13.5. The summed E-state index contributed by atoms with van der Waals surface area (Å²) in [6.07, 6.45) is 2.79. The SMILES string of the molecule is CC(O)(CNC(=O)C1(O)CCCC1)c1ccsc1. The third kappa shape index (κ3) is 2.74. The van der Waals surface area contributed by atoms with Crippen LogP contribution in [0.2, 0.25) is 0 Å². The molecule has 1 saturated carbocycles. The predicted molar refractivity (Wildman–Crippen MR) is 70.3 cm³/mol. The Balaban J connectivity index is 1.93. The Morgan fingerprint density at radius 1 is 1.56 bits per heavy atom. The number of amides is 1. The Kier molecular flexibility index (Phi) is 3.75. The average Bonchev–Trinajstić information content (AvgIpc) is 2.97. The molecule has 100 valence electrons. The lowest BCUT2D eigenvalue weighted by molar-refractivity contribution is -0.140. The summed E-state index contributed by atoms with van der Waals surface area (Å²) in [5, 5.41) is 26.8. The number of carbonyl (C=O) groups is 1. The average molecular weight is 269 g/mol.